The zero-order valence-electron chi connectivity index (χ0n) is 30.8. The van der Waals surface area contributed by atoms with Crippen LogP contribution >= 0.6 is 11.6 Å². The summed E-state index contributed by atoms with van der Waals surface area (Å²) < 4.78 is 34.7. The number of carbonyl (C=O) groups excluding carboxylic acids is 2. The highest BCUT2D eigenvalue weighted by Crippen LogP contribution is 2.50. The maximum Gasteiger partial charge on any atom is 0.286 e. The molecular weight excluding hydrogens is 714 g/mol. The summed E-state index contributed by atoms with van der Waals surface area (Å²) in [6, 6.07) is 12.1. The van der Waals surface area contributed by atoms with Gasteiger partial charge in [0.15, 0.2) is 6.29 Å². The third-order valence-electron chi connectivity index (χ3n) is 12.7. The third-order valence-corrected chi connectivity index (χ3v) is 14.9. The first-order valence-corrected chi connectivity index (χ1v) is 21.2. The SMILES string of the molecule is COc1nn(C)cc1C(=O)NS1(=O)=NC(=O)c2ccc3c(c2)N(C[C@@H]2CC[C@H]2[C@H]2OC(O)C[C@@H]2CC[C@H](C)C1)C[C@@]1(CCCc2cc(Cl)ccc21)CC3. The number of anilines is 1. The van der Waals surface area contributed by atoms with E-state index in [-0.39, 0.29) is 40.6 Å². The van der Waals surface area contributed by atoms with Crippen molar-refractivity contribution in [3.05, 3.63) is 75.4 Å². The van der Waals surface area contributed by atoms with Crippen molar-refractivity contribution < 1.29 is 28.4 Å². The molecule has 11 nitrogen and oxygen atoms in total. The zero-order chi connectivity index (χ0) is 37.1. The van der Waals surface area contributed by atoms with Crippen molar-refractivity contribution in [2.45, 2.75) is 88.9 Å². The van der Waals surface area contributed by atoms with Crippen LogP contribution in [0.1, 0.15) is 95.7 Å². The van der Waals surface area contributed by atoms with Crippen molar-refractivity contribution >= 4 is 39.0 Å². The average Bonchev–Trinajstić information content (AvgIpc) is 3.63. The fraction of sp³-hybridized carbons (Fsp3) is 0.575. The van der Waals surface area contributed by atoms with E-state index in [2.05, 4.69) is 31.2 Å². The molecule has 3 aromatic rings. The van der Waals surface area contributed by atoms with E-state index in [4.69, 9.17) is 21.1 Å². The number of carbonyl (C=O) groups is 2. The van der Waals surface area contributed by atoms with Gasteiger partial charge in [-0.15, -0.1) is 9.46 Å². The van der Waals surface area contributed by atoms with Gasteiger partial charge in [0.1, 0.15) is 15.5 Å². The number of halogens is 1. The minimum Gasteiger partial charge on any atom is -0.479 e. The van der Waals surface area contributed by atoms with E-state index in [1.165, 1.54) is 34.7 Å². The van der Waals surface area contributed by atoms with E-state index in [0.29, 0.717) is 30.2 Å². The van der Waals surface area contributed by atoms with Gasteiger partial charge in [0.2, 0.25) is 5.88 Å². The smallest absolute Gasteiger partial charge is 0.286 e. The number of aliphatic hydroxyl groups excluding tert-OH is 1. The Hall–Kier alpha value is -3.45. The average molecular weight is 764 g/mol. The molecule has 0 radical (unpaired) electrons. The standard InChI is InChI=1S/C40H50ClN5O6S/c1-24-6-7-27-19-35(47)52-36(27)31-12-10-29(31)20-46-23-40(15-4-5-26-17-30(41)11-13-33(26)40)16-14-25-8-9-28(18-34(25)46)37(48)43-53(50,22-24)44-38(49)32-21-45(2)42-39(32)51-3/h8-9,11,13,17-18,21,24,27,29,31,35-36,47H,4-7,10,12,14-16,19-20,22-23H2,1-3H3,(H,43,44,48,49,50)/t24-,27-,29-,31+,35?,36-,40+,53?/m0/s1. The van der Waals surface area contributed by atoms with Crippen molar-refractivity contribution in [3.63, 3.8) is 0 Å². The number of benzene rings is 2. The lowest BCUT2D eigenvalue weighted by atomic mass is 9.66. The quantitative estimate of drug-likeness (QED) is 0.320. The summed E-state index contributed by atoms with van der Waals surface area (Å²) in [6.07, 6.45) is 9.80. The molecule has 8 atom stereocenters. The summed E-state index contributed by atoms with van der Waals surface area (Å²) in [7, 11) is -0.516. The summed E-state index contributed by atoms with van der Waals surface area (Å²) in [6.45, 7) is 3.60. The van der Waals surface area contributed by atoms with Gasteiger partial charge in [0.05, 0.1) is 19.0 Å². The summed E-state index contributed by atoms with van der Waals surface area (Å²) >= 11 is 6.50. The van der Waals surface area contributed by atoms with E-state index in [1.54, 1.807) is 13.1 Å². The number of hydrogen-bond donors (Lipinski definition) is 2. The molecule has 284 valence electrons. The van der Waals surface area contributed by atoms with Crippen molar-refractivity contribution in [1.82, 2.24) is 14.5 Å². The molecule has 2 N–H and O–H groups in total. The summed E-state index contributed by atoms with van der Waals surface area (Å²) in [5.41, 5.74) is 5.26. The van der Waals surface area contributed by atoms with E-state index in [9.17, 15) is 18.9 Å². The van der Waals surface area contributed by atoms with E-state index in [0.717, 1.165) is 75.2 Å². The second-order valence-electron chi connectivity index (χ2n) is 16.3. The van der Waals surface area contributed by atoms with Crippen LogP contribution in [0.5, 0.6) is 5.88 Å². The Morgan fingerprint density at radius 1 is 1.09 bits per heavy atom. The van der Waals surface area contributed by atoms with E-state index in [1.807, 2.05) is 25.1 Å². The van der Waals surface area contributed by atoms with Crippen LogP contribution in [0.15, 0.2) is 47.0 Å². The van der Waals surface area contributed by atoms with Gasteiger partial charge in [0.25, 0.3) is 11.8 Å². The van der Waals surface area contributed by atoms with Crippen LogP contribution in [0, 0.1) is 23.7 Å². The van der Waals surface area contributed by atoms with Gasteiger partial charge in [-0.2, -0.15) is 0 Å². The normalized spacial score (nSPS) is 32.8. The molecule has 2 amide bonds. The molecule has 1 saturated carbocycles. The van der Waals surface area contributed by atoms with Gasteiger partial charge < -0.3 is 19.5 Å². The fourth-order valence-corrected chi connectivity index (χ4v) is 12.1. The Kier molecular flexibility index (Phi) is 9.87. The van der Waals surface area contributed by atoms with Gasteiger partial charge >= 0.3 is 0 Å². The first-order valence-electron chi connectivity index (χ1n) is 19.1. The molecule has 3 aliphatic heterocycles. The van der Waals surface area contributed by atoms with E-state index >= 15 is 0 Å². The van der Waals surface area contributed by atoms with Gasteiger partial charge in [0, 0.05) is 54.4 Å². The number of aromatic nitrogens is 2. The fourth-order valence-electron chi connectivity index (χ4n) is 9.97. The number of nitrogens with one attached hydrogen (secondary N) is 1. The summed E-state index contributed by atoms with van der Waals surface area (Å²) in [5, 5.41) is 15.7. The molecule has 2 aromatic carbocycles. The molecule has 1 spiro atoms. The maximum absolute atomic E-state index is 14.7. The zero-order valence-corrected chi connectivity index (χ0v) is 32.3. The van der Waals surface area contributed by atoms with Gasteiger partial charge in [-0.05, 0) is 122 Å². The lowest BCUT2D eigenvalue weighted by Crippen LogP contribution is -2.49. The number of methoxy groups -OCH3 is 1. The van der Waals surface area contributed by atoms with Crippen LogP contribution in [-0.4, -0.2) is 69.3 Å². The minimum absolute atomic E-state index is 0.0110. The van der Waals surface area contributed by atoms with Crippen LogP contribution in [-0.2, 0) is 40.0 Å². The van der Waals surface area contributed by atoms with Crippen LogP contribution in [0.2, 0.25) is 5.02 Å². The first kappa shape index (κ1) is 36.5. The molecule has 5 aliphatic rings. The number of amides is 2. The number of aliphatic hydroxyl groups is 1. The molecule has 4 heterocycles. The van der Waals surface area contributed by atoms with Crippen LogP contribution in [0.3, 0.4) is 0 Å². The van der Waals surface area contributed by atoms with Crippen LogP contribution < -0.4 is 14.4 Å². The topological polar surface area (TPSA) is 135 Å². The van der Waals surface area contributed by atoms with Crippen LogP contribution in [0.4, 0.5) is 5.69 Å². The van der Waals surface area contributed by atoms with Crippen LogP contribution in [0.25, 0.3) is 0 Å². The highest BCUT2D eigenvalue weighted by molar-refractivity contribution is 7.92. The number of rotatable bonds is 3. The van der Waals surface area contributed by atoms with Crippen molar-refractivity contribution in [1.29, 1.82) is 0 Å². The number of ether oxygens (including phenoxy) is 2. The predicted molar refractivity (Wildman–Crippen MR) is 204 cm³/mol. The molecule has 2 unspecified atom stereocenters. The molecule has 8 rings (SSSR count). The molecule has 1 aromatic heterocycles. The molecule has 2 fully saturated rings. The number of aryl methyl sites for hydroxylation is 3. The Bertz CT molecular complexity index is 2040. The highest BCUT2D eigenvalue weighted by atomic mass is 35.5. The second-order valence-corrected chi connectivity index (χ2v) is 18.7. The Morgan fingerprint density at radius 3 is 2.72 bits per heavy atom. The van der Waals surface area contributed by atoms with Gasteiger partial charge in [-0.3, -0.25) is 19.0 Å². The number of hydrogen-bond acceptors (Lipinski definition) is 8. The second kappa shape index (κ2) is 14.3. The van der Waals surface area contributed by atoms with Crippen molar-refractivity contribution in [2.24, 2.45) is 35.1 Å². The highest BCUT2D eigenvalue weighted by Gasteiger charge is 2.48. The molecule has 53 heavy (non-hydrogen) atoms. The maximum atomic E-state index is 14.7. The lowest BCUT2D eigenvalue weighted by Gasteiger charge is -2.47. The largest absolute Gasteiger partial charge is 0.479 e. The summed E-state index contributed by atoms with van der Waals surface area (Å²) in [5.74, 6) is -0.506. The Labute approximate surface area is 317 Å². The molecule has 2 aliphatic carbocycles. The predicted octanol–water partition coefficient (Wildman–Crippen LogP) is 6.24. The van der Waals surface area contributed by atoms with E-state index < -0.39 is 28.0 Å². The Balaban J connectivity index is 1.21. The van der Waals surface area contributed by atoms with Gasteiger partial charge in [-0.1, -0.05) is 30.7 Å². The molecule has 1 saturated heterocycles. The lowest BCUT2D eigenvalue weighted by molar-refractivity contribution is -0.128. The number of fused-ring (bicyclic) bond motifs is 6. The Morgan fingerprint density at radius 2 is 1.92 bits per heavy atom. The van der Waals surface area contributed by atoms with Crippen molar-refractivity contribution in [2.75, 3.05) is 30.9 Å². The molecular formula is C40H50ClN5O6S. The first-order chi connectivity index (χ1) is 25.4. The van der Waals surface area contributed by atoms with Crippen molar-refractivity contribution in [3.8, 4) is 5.88 Å². The molecule has 13 heteroatoms. The monoisotopic (exact) mass is 763 g/mol. The number of nitrogens with zero attached hydrogens (tertiary/aromatic N) is 4. The third kappa shape index (κ3) is 7.12. The molecule has 2 bridgehead atoms. The minimum atomic E-state index is -3.59. The van der Waals surface area contributed by atoms with Gasteiger partial charge in [-0.25, -0.2) is 4.21 Å². The summed E-state index contributed by atoms with van der Waals surface area (Å²) in [4.78, 5) is 30.2.